The van der Waals surface area contributed by atoms with E-state index in [-0.39, 0.29) is 43.9 Å². The third-order valence-electron chi connectivity index (χ3n) is 10.2. The maximum Gasteiger partial charge on any atom is 0.305 e. The van der Waals surface area contributed by atoms with Crippen LogP contribution >= 0.6 is 0 Å². The van der Waals surface area contributed by atoms with Crippen molar-refractivity contribution in [2.75, 3.05) is 13.1 Å². The molecule has 0 radical (unpaired) electrons. The summed E-state index contributed by atoms with van der Waals surface area (Å²) in [5.41, 5.74) is 5.50. The minimum atomic E-state index is -1.78. The van der Waals surface area contributed by atoms with Crippen molar-refractivity contribution in [3.05, 3.63) is 29.8 Å². The quantitative estimate of drug-likeness (QED) is 0.108. The SMILES string of the molecule is CC(C)C[C@@H]1NC(=O)C[C@H](CCCCN)NC(=O)[C@H](Cc2ccc(O)cc2)NC(=O)[C@@H]2CCCN2[C@H](C(=O)NC(C)(C)C)NC(=O)[C@H]([C@@H](C)O)NC(=O)[C@H](CC(=O)O)NC1=O. The lowest BCUT2D eigenvalue weighted by molar-refractivity contribution is -0.143. The summed E-state index contributed by atoms with van der Waals surface area (Å²) in [5.74, 6) is -7.44. The van der Waals surface area contributed by atoms with Gasteiger partial charge in [0.05, 0.1) is 18.6 Å². The predicted octanol–water partition coefficient (Wildman–Crippen LogP) is -1.39. The number of carbonyl (C=O) groups excluding carboxylic acids is 7. The Balaban J connectivity index is 2.18. The van der Waals surface area contributed by atoms with E-state index in [9.17, 15) is 53.7 Å². The molecule has 8 atom stereocenters. The molecule has 0 aliphatic carbocycles. The number of hydrogen-bond acceptors (Lipinski definition) is 12. The van der Waals surface area contributed by atoms with E-state index in [1.165, 1.54) is 24.0 Å². The topological polar surface area (TPSA) is 311 Å². The standard InChI is InChI=1S/C41H65N9O11/c1-22(2)18-27-36(57)45-29(21-32(54)55)37(58)47-33(23(3)51)39(60)48-34(40(61)49-41(4,5)6)50-17-9-11-30(50)38(59)46-28(19-24-12-14-26(52)15-13-24)35(56)43-25(10-7-8-16-42)20-31(53)44-27/h12-15,22-23,25,27-30,33-34,51-52H,7-11,16-21,42H2,1-6H3,(H,43,56)(H,44,53)(H,45,57)(H,46,59)(H,47,58)(H,48,60)(H,49,61)(H,54,55)/t23-,25+,27+,28+,29+,30+,33+,34-/m1/s1. The van der Waals surface area contributed by atoms with Crippen LogP contribution in [0.5, 0.6) is 5.75 Å². The Hall–Kier alpha value is -5.34. The monoisotopic (exact) mass is 859 g/mol. The van der Waals surface area contributed by atoms with Crippen LogP contribution in [-0.2, 0) is 44.8 Å². The van der Waals surface area contributed by atoms with Crippen LogP contribution in [0.1, 0.15) is 98.5 Å². The van der Waals surface area contributed by atoms with Gasteiger partial charge < -0.3 is 58.3 Å². The highest BCUT2D eigenvalue weighted by Gasteiger charge is 2.43. The highest BCUT2D eigenvalue weighted by Crippen LogP contribution is 2.22. The Bertz CT molecular complexity index is 1720. The molecule has 12 N–H and O–H groups in total. The lowest BCUT2D eigenvalue weighted by atomic mass is 10.00. The number of benzene rings is 1. The summed E-state index contributed by atoms with van der Waals surface area (Å²) in [7, 11) is 0. The van der Waals surface area contributed by atoms with Gasteiger partial charge >= 0.3 is 5.97 Å². The number of unbranched alkanes of at least 4 members (excludes halogenated alkanes) is 1. The first-order valence-corrected chi connectivity index (χ1v) is 20.8. The van der Waals surface area contributed by atoms with E-state index in [2.05, 4.69) is 37.2 Å². The van der Waals surface area contributed by atoms with Gasteiger partial charge in [-0.25, -0.2) is 0 Å². The number of aliphatic hydroxyl groups excluding tert-OH is 1. The number of carboxylic acid groups (broad SMARTS) is 1. The molecule has 20 heteroatoms. The van der Waals surface area contributed by atoms with Gasteiger partial charge in [-0.05, 0) is 90.0 Å². The number of carboxylic acids is 1. The van der Waals surface area contributed by atoms with Gasteiger partial charge in [-0.3, -0.25) is 43.3 Å². The van der Waals surface area contributed by atoms with Gasteiger partial charge in [0.25, 0.3) is 5.91 Å². The molecule has 0 aromatic heterocycles. The van der Waals surface area contributed by atoms with Crippen LogP contribution in [0.4, 0.5) is 0 Å². The first kappa shape index (κ1) is 50.0. The van der Waals surface area contributed by atoms with E-state index in [4.69, 9.17) is 5.73 Å². The van der Waals surface area contributed by atoms with Crippen molar-refractivity contribution in [3.8, 4) is 5.75 Å². The predicted molar refractivity (Wildman–Crippen MR) is 222 cm³/mol. The maximum absolute atomic E-state index is 14.3. The molecule has 2 heterocycles. The Morgan fingerprint density at radius 2 is 1.46 bits per heavy atom. The number of aliphatic hydroxyl groups is 1. The summed E-state index contributed by atoms with van der Waals surface area (Å²) in [6, 6.07) is -1.90. The number of phenols is 1. The molecule has 340 valence electrons. The largest absolute Gasteiger partial charge is 0.508 e. The molecule has 0 spiro atoms. The number of fused-ring (bicyclic) bond motifs is 1. The summed E-state index contributed by atoms with van der Waals surface area (Å²) < 4.78 is 0. The van der Waals surface area contributed by atoms with Crippen molar-refractivity contribution in [1.82, 2.24) is 42.1 Å². The fourth-order valence-electron chi connectivity index (χ4n) is 7.24. The Labute approximate surface area is 356 Å². The van der Waals surface area contributed by atoms with Crippen LogP contribution in [0.25, 0.3) is 0 Å². The summed E-state index contributed by atoms with van der Waals surface area (Å²) in [6.07, 6.45) is -2.38. The second-order valence-corrected chi connectivity index (χ2v) is 17.3. The normalized spacial score (nSPS) is 26.0. The first-order chi connectivity index (χ1) is 28.6. The number of nitrogens with one attached hydrogen (secondary N) is 7. The van der Waals surface area contributed by atoms with Crippen molar-refractivity contribution in [3.63, 3.8) is 0 Å². The van der Waals surface area contributed by atoms with E-state index < -0.39 is 108 Å². The zero-order chi connectivity index (χ0) is 45.6. The van der Waals surface area contributed by atoms with E-state index in [1.54, 1.807) is 46.8 Å². The summed E-state index contributed by atoms with van der Waals surface area (Å²) in [5, 5.41) is 48.8. The summed E-state index contributed by atoms with van der Waals surface area (Å²) in [6.45, 7) is 10.3. The molecular formula is C41H65N9O11. The Morgan fingerprint density at radius 1 is 0.836 bits per heavy atom. The highest BCUT2D eigenvalue weighted by molar-refractivity contribution is 5.97. The lowest BCUT2D eigenvalue weighted by Crippen LogP contribution is -2.66. The van der Waals surface area contributed by atoms with Crippen LogP contribution in [0.2, 0.25) is 0 Å². The molecule has 3 rings (SSSR count). The van der Waals surface area contributed by atoms with Crippen molar-refractivity contribution >= 4 is 47.3 Å². The molecular weight excluding hydrogens is 795 g/mol. The molecule has 61 heavy (non-hydrogen) atoms. The number of phenolic OH excluding ortho intramolecular Hbond substituents is 1. The van der Waals surface area contributed by atoms with E-state index in [0.29, 0.717) is 37.8 Å². The number of aliphatic carboxylic acids is 1. The average molecular weight is 860 g/mol. The average Bonchev–Trinajstić information content (AvgIpc) is 3.64. The number of amides is 7. The molecule has 1 aromatic carbocycles. The third-order valence-corrected chi connectivity index (χ3v) is 10.2. The second kappa shape index (κ2) is 23.0. The van der Waals surface area contributed by atoms with Crippen molar-refractivity contribution < 1.29 is 53.7 Å². The number of nitrogens with zero attached hydrogens (tertiary/aromatic N) is 1. The van der Waals surface area contributed by atoms with Crippen LogP contribution < -0.4 is 43.0 Å². The van der Waals surface area contributed by atoms with Gasteiger partial charge in [-0.15, -0.1) is 0 Å². The molecule has 20 nitrogen and oxygen atoms in total. The number of aromatic hydroxyl groups is 1. The van der Waals surface area contributed by atoms with Gasteiger partial charge in [0.15, 0.2) is 6.17 Å². The van der Waals surface area contributed by atoms with Crippen LogP contribution in [0.15, 0.2) is 24.3 Å². The van der Waals surface area contributed by atoms with Crippen LogP contribution in [-0.4, -0.2) is 135 Å². The fraction of sp³-hybridized carbons (Fsp3) is 0.659. The molecule has 2 saturated heterocycles. The van der Waals surface area contributed by atoms with E-state index >= 15 is 0 Å². The fourth-order valence-corrected chi connectivity index (χ4v) is 7.24. The highest BCUT2D eigenvalue weighted by atomic mass is 16.4. The molecule has 0 saturated carbocycles. The lowest BCUT2D eigenvalue weighted by Gasteiger charge is -2.35. The van der Waals surface area contributed by atoms with Crippen LogP contribution in [0, 0.1) is 5.92 Å². The maximum atomic E-state index is 14.3. The molecule has 0 bridgehead atoms. The molecule has 7 amide bonds. The molecule has 2 aliphatic heterocycles. The second-order valence-electron chi connectivity index (χ2n) is 17.3. The van der Waals surface area contributed by atoms with Gasteiger partial charge in [0.2, 0.25) is 35.4 Å². The zero-order valence-electron chi connectivity index (χ0n) is 35.9. The summed E-state index contributed by atoms with van der Waals surface area (Å²) >= 11 is 0. The van der Waals surface area contributed by atoms with Gasteiger partial charge in [0, 0.05) is 31.0 Å². The molecule has 2 fully saturated rings. The molecule has 0 unspecified atom stereocenters. The number of rotatable bonds is 12. The van der Waals surface area contributed by atoms with Crippen molar-refractivity contribution in [1.29, 1.82) is 0 Å². The Kier molecular flexibility index (Phi) is 18.9. The number of carbonyl (C=O) groups is 8. The summed E-state index contributed by atoms with van der Waals surface area (Å²) in [4.78, 5) is 111. The van der Waals surface area contributed by atoms with E-state index in [1.807, 2.05) is 0 Å². The van der Waals surface area contributed by atoms with Gasteiger partial charge in [-0.2, -0.15) is 0 Å². The van der Waals surface area contributed by atoms with Gasteiger partial charge in [-0.1, -0.05) is 32.4 Å². The van der Waals surface area contributed by atoms with Crippen LogP contribution in [0.3, 0.4) is 0 Å². The van der Waals surface area contributed by atoms with Crippen molar-refractivity contribution in [2.24, 2.45) is 11.7 Å². The number of hydrogen-bond donors (Lipinski definition) is 11. The minimum Gasteiger partial charge on any atom is -0.508 e. The molecule has 1 aromatic rings. The number of nitrogens with two attached hydrogens (primary N) is 1. The van der Waals surface area contributed by atoms with Gasteiger partial charge in [0.1, 0.15) is 29.9 Å². The third kappa shape index (κ3) is 16.2. The molecule has 2 aliphatic rings. The Morgan fingerprint density at radius 3 is 2.05 bits per heavy atom. The first-order valence-electron chi connectivity index (χ1n) is 20.8. The van der Waals surface area contributed by atoms with E-state index in [0.717, 1.165) is 0 Å². The smallest absolute Gasteiger partial charge is 0.305 e. The zero-order valence-corrected chi connectivity index (χ0v) is 35.9. The van der Waals surface area contributed by atoms with Crippen molar-refractivity contribution in [2.45, 2.75) is 153 Å². The minimum absolute atomic E-state index is 0.0161.